The number of aromatic nitrogens is 3. The lowest BCUT2D eigenvalue weighted by Gasteiger charge is -2.32. The summed E-state index contributed by atoms with van der Waals surface area (Å²) in [6.45, 7) is 9.80. The smallest absolute Gasteiger partial charge is 0.236 e. The average Bonchev–Trinajstić information content (AvgIpc) is 2.25. The molecule has 0 bridgehead atoms. The van der Waals surface area contributed by atoms with Gasteiger partial charge in [0.15, 0.2) is 5.16 Å². The summed E-state index contributed by atoms with van der Waals surface area (Å²) >= 11 is 1.23. The second-order valence-corrected chi connectivity index (χ2v) is 6.34. The summed E-state index contributed by atoms with van der Waals surface area (Å²) in [5.41, 5.74) is 11.0. The molecule has 7 nitrogen and oxygen atoms in total. The highest BCUT2D eigenvalue weighted by Gasteiger charge is 2.26. The number of amides is 1. The van der Waals surface area contributed by atoms with Crippen LogP contribution in [0, 0.1) is 0 Å². The Labute approximate surface area is 123 Å². The molecular weight excluding hydrogens is 276 g/mol. The van der Waals surface area contributed by atoms with Crippen LogP contribution >= 0.6 is 11.8 Å². The Morgan fingerprint density at radius 1 is 1.00 bits per heavy atom. The van der Waals surface area contributed by atoms with E-state index < -0.39 is 0 Å². The van der Waals surface area contributed by atoms with E-state index in [4.69, 9.17) is 11.5 Å². The molecule has 1 heterocycles. The predicted octanol–water partition coefficient (Wildman–Crippen LogP) is 1.16. The van der Waals surface area contributed by atoms with Crippen LogP contribution in [-0.4, -0.2) is 43.1 Å². The van der Waals surface area contributed by atoms with Gasteiger partial charge in [0.1, 0.15) is 0 Å². The molecule has 0 aliphatic carbocycles. The number of nitrogen functional groups attached to an aromatic ring is 2. The molecule has 4 N–H and O–H groups in total. The topological polar surface area (TPSA) is 111 Å². The van der Waals surface area contributed by atoms with Gasteiger partial charge in [-0.2, -0.15) is 15.0 Å². The van der Waals surface area contributed by atoms with Gasteiger partial charge in [0.25, 0.3) is 0 Å². The SMILES string of the molecule is CC(C)N(C(=O)[C@@H](C)Sc1nc(N)nc(N)n1)C(C)C. The standard InChI is InChI=1S/C12H22N6OS/c1-6(2)18(7(3)4)9(19)8(5)20-12-16-10(13)15-11(14)17-12/h6-8H,1-5H3,(H4,13,14,15,16,17)/t8-/m1/s1. The van der Waals surface area contributed by atoms with Gasteiger partial charge in [0.05, 0.1) is 5.25 Å². The molecule has 8 heteroatoms. The van der Waals surface area contributed by atoms with Crippen molar-refractivity contribution in [2.24, 2.45) is 0 Å². The van der Waals surface area contributed by atoms with Crippen molar-refractivity contribution in [3.8, 4) is 0 Å². The van der Waals surface area contributed by atoms with Crippen LogP contribution in [0.5, 0.6) is 0 Å². The number of nitrogens with zero attached hydrogens (tertiary/aromatic N) is 4. The maximum atomic E-state index is 12.5. The molecule has 0 fully saturated rings. The first kappa shape index (κ1) is 16.5. The van der Waals surface area contributed by atoms with Crippen LogP contribution < -0.4 is 11.5 Å². The maximum Gasteiger partial charge on any atom is 0.236 e. The fourth-order valence-corrected chi connectivity index (χ4v) is 2.80. The molecule has 0 unspecified atom stereocenters. The lowest BCUT2D eigenvalue weighted by atomic mass is 10.2. The fourth-order valence-electron chi connectivity index (χ4n) is 1.96. The molecule has 0 aliphatic heterocycles. The zero-order valence-electron chi connectivity index (χ0n) is 12.5. The van der Waals surface area contributed by atoms with E-state index in [-0.39, 0.29) is 35.1 Å². The van der Waals surface area contributed by atoms with Gasteiger partial charge in [-0.15, -0.1) is 0 Å². The van der Waals surface area contributed by atoms with Gasteiger partial charge >= 0.3 is 0 Å². The van der Waals surface area contributed by atoms with Gasteiger partial charge in [-0.3, -0.25) is 4.79 Å². The third kappa shape index (κ3) is 4.22. The molecule has 1 aromatic heterocycles. The summed E-state index contributed by atoms with van der Waals surface area (Å²) in [5, 5.41) is 0.0457. The molecule has 0 radical (unpaired) electrons. The van der Waals surface area contributed by atoms with Crippen LogP contribution in [0.2, 0.25) is 0 Å². The zero-order chi connectivity index (χ0) is 15.4. The van der Waals surface area contributed by atoms with Crippen molar-refractivity contribution in [1.82, 2.24) is 19.9 Å². The minimum Gasteiger partial charge on any atom is -0.368 e. The number of rotatable bonds is 5. The Morgan fingerprint density at radius 3 is 1.85 bits per heavy atom. The van der Waals surface area contributed by atoms with Gasteiger partial charge < -0.3 is 16.4 Å². The highest BCUT2D eigenvalue weighted by Crippen LogP contribution is 2.23. The van der Waals surface area contributed by atoms with E-state index in [1.807, 2.05) is 39.5 Å². The van der Waals surface area contributed by atoms with Crippen LogP contribution in [-0.2, 0) is 4.79 Å². The Balaban J connectivity index is 2.84. The van der Waals surface area contributed by atoms with Crippen molar-refractivity contribution in [3.63, 3.8) is 0 Å². The molecule has 20 heavy (non-hydrogen) atoms. The van der Waals surface area contributed by atoms with E-state index in [1.165, 1.54) is 11.8 Å². The molecule has 1 rings (SSSR count). The first-order valence-electron chi connectivity index (χ1n) is 6.48. The van der Waals surface area contributed by atoms with E-state index in [1.54, 1.807) is 0 Å². The van der Waals surface area contributed by atoms with Crippen LogP contribution in [0.15, 0.2) is 5.16 Å². The first-order chi connectivity index (χ1) is 9.22. The monoisotopic (exact) mass is 298 g/mol. The molecule has 0 saturated carbocycles. The third-order valence-electron chi connectivity index (χ3n) is 2.65. The van der Waals surface area contributed by atoms with Crippen molar-refractivity contribution in [3.05, 3.63) is 0 Å². The zero-order valence-corrected chi connectivity index (χ0v) is 13.3. The normalized spacial score (nSPS) is 12.8. The first-order valence-corrected chi connectivity index (χ1v) is 7.36. The van der Waals surface area contributed by atoms with Crippen molar-refractivity contribution < 1.29 is 4.79 Å². The summed E-state index contributed by atoms with van der Waals surface area (Å²) in [6.07, 6.45) is 0. The molecular formula is C12H22N6OS. The largest absolute Gasteiger partial charge is 0.368 e. The Kier molecular flexibility index (Phi) is 5.55. The third-order valence-corrected chi connectivity index (χ3v) is 3.60. The minimum absolute atomic E-state index is 0.0394. The predicted molar refractivity (Wildman–Crippen MR) is 81.1 cm³/mol. The summed E-state index contributed by atoms with van der Waals surface area (Å²) in [4.78, 5) is 26.0. The van der Waals surface area contributed by atoms with Gasteiger partial charge in [-0.05, 0) is 34.6 Å². The Hall–Kier alpha value is -1.57. The number of thioether (sulfide) groups is 1. The highest BCUT2D eigenvalue weighted by molar-refractivity contribution is 8.00. The average molecular weight is 298 g/mol. The van der Waals surface area contributed by atoms with E-state index in [9.17, 15) is 4.79 Å². The molecule has 0 aromatic carbocycles. The number of carbonyl (C=O) groups is 1. The van der Waals surface area contributed by atoms with Crippen molar-refractivity contribution in [1.29, 1.82) is 0 Å². The van der Waals surface area contributed by atoms with E-state index in [0.717, 1.165) is 0 Å². The van der Waals surface area contributed by atoms with Crippen LogP contribution in [0.1, 0.15) is 34.6 Å². The second-order valence-electron chi connectivity index (χ2n) is 5.03. The Morgan fingerprint density at radius 2 is 1.45 bits per heavy atom. The summed E-state index contributed by atoms with van der Waals surface area (Å²) < 4.78 is 0. The molecule has 112 valence electrons. The lowest BCUT2D eigenvalue weighted by Crippen LogP contribution is -2.45. The fraction of sp³-hybridized carbons (Fsp3) is 0.667. The lowest BCUT2D eigenvalue weighted by molar-refractivity contribution is -0.133. The van der Waals surface area contributed by atoms with Gasteiger partial charge in [0, 0.05) is 12.1 Å². The number of hydrogen-bond acceptors (Lipinski definition) is 7. The molecule has 0 spiro atoms. The maximum absolute atomic E-state index is 12.5. The molecule has 1 atom stereocenters. The molecule has 1 aromatic rings. The summed E-state index contributed by atoms with van der Waals surface area (Å²) in [7, 11) is 0. The summed E-state index contributed by atoms with van der Waals surface area (Å²) in [5.74, 6) is 0.158. The molecule has 0 aliphatic rings. The van der Waals surface area contributed by atoms with Gasteiger partial charge in [-0.1, -0.05) is 11.8 Å². The molecule has 1 amide bonds. The quantitative estimate of drug-likeness (QED) is 0.784. The Bertz CT molecular complexity index is 451. The van der Waals surface area contributed by atoms with E-state index >= 15 is 0 Å². The summed E-state index contributed by atoms with van der Waals surface area (Å²) in [6, 6.07) is 0.276. The van der Waals surface area contributed by atoms with E-state index in [0.29, 0.717) is 5.16 Å². The molecule has 0 saturated heterocycles. The number of hydrogen-bond donors (Lipinski definition) is 2. The van der Waals surface area contributed by atoms with Crippen LogP contribution in [0.25, 0.3) is 0 Å². The van der Waals surface area contributed by atoms with Crippen molar-refractivity contribution >= 4 is 29.6 Å². The number of carbonyl (C=O) groups excluding carboxylic acids is 1. The highest BCUT2D eigenvalue weighted by atomic mass is 32.2. The number of anilines is 2. The van der Waals surface area contributed by atoms with Gasteiger partial charge in [-0.25, -0.2) is 0 Å². The minimum atomic E-state index is -0.319. The second kappa shape index (κ2) is 6.74. The van der Waals surface area contributed by atoms with Gasteiger partial charge in [0.2, 0.25) is 17.8 Å². The van der Waals surface area contributed by atoms with Crippen molar-refractivity contribution in [2.75, 3.05) is 11.5 Å². The van der Waals surface area contributed by atoms with E-state index in [2.05, 4.69) is 15.0 Å². The van der Waals surface area contributed by atoms with Crippen molar-refractivity contribution in [2.45, 2.75) is 57.1 Å². The number of nitrogens with two attached hydrogens (primary N) is 2. The van der Waals surface area contributed by atoms with Crippen LogP contribution in [0.4, 0.5) is 11.9 Å². The van der Waals surface area contributed by atoms with Crippen LogP contribution in [0.3, 0.4) is 0 Å².